The third-order valence-electron chi connectivity index (χ3n) is 3.57. The van der Waals surface area contributed by atoms with Crippen molar-refractivity contribution in [3.05, 3.63) is 23.3 Å². The van der Waals surface area contributed by atoms with Crippen molar-refractivity contribution in [1.82, 2.24) is 0 Å². The second kappa shape index (κ2) is 3.91. The van der Waals surface area contributed by atoms with Crippen LogP contribution in [0.15, 0.2) is 12.1 Å². The molecular formula is C14H19NO2. The summed E-state index contributed by atoms with van der Waals surface area (Å²) in [6.07, 6.45) is 2.32. The molecule has 1 aliphatic heterocycles. The molecule has 1 aromatic rings. The Hall–Kier alpha value is -1.22. The predicted molar refractivity (Wildman–Crippen MR) is 66.7 cm³/mol. The van der Waals surface area contributed by atoms with Gasteiger partial charge in [-0.3, -0.25) is 0 Å². The normalized spacial score (nSPS) is 29.7. The van der Waals surface area contributed by atoms with Crippen LogP contribution in [-0.2, 0) is 6.42 Å². The van der Waals surface area contributed by atoms with E-state index in [1.165, 1.54) is 11.1 Å². The van der Waals surface area contributed by atoms with E-state index in [2.05, 4.69) is 19.1 Å². The Balaban J connectivity index is 1.98. The number of benzene rings is 1. The van der Waals surface area contributed by atoms with Crippen LogP contribution in [0.5, 0.6) is 11.5 Å². The van der Waals surface area contributed by atoms with Gasteiger partial charge in [0.1, 0.15) is 17.6 Å². The highest BCUT2D eigenvalue weighted by Crippen LogP contribution is 2.47. The third kappa shape index (κ3) is 1.89. The lowest BCUT2D eigenvalue weighted by Gasteiger charge is -2.12. The summed E-state index contributed by atoms with van der Waals surface area (Å²) in [4.78, 5) is 0. The fraction of sp³-hybridized carbons (Fsp3) is 0.571. The van der Waals surface area contributed by atoms with E-state index in [9.17, 15) is 0 Å². The van der Waals surface area contributed by atoms with Gasteiger partial charge < -0.3 is 15.2 Å². The van der Waals surface area contributed by atoms with E-state index >= 15 is 0 Å². The van der Waals surface area contributed by atoms with Crippen molar-refractivity contribution in [3.8, 4) is 11.5 Å². The maximum absolute atomic E-state index is 5.94. The molecule has 3 atom stereocenters. The van der Waals surface area contributed by atoms with Gasteiger partial charge in [-0.2, -0.15) is 0 Å². The minimum absolute atomic E-state index is 0.280. The van der Waals surface area contributed by atoms with Crippen LogP contribution in [0.25, 0.3) is 0 Å². The number of hydrogen-bond donors (Lipinski definition) is 1. The molecule has 0 spiro atoms. The summed E-state index contributed by atoms with van der Waals surface area (Å²) in [6, 6.07) is 4.58. The van der Waals surface area contributed by atoms with E-state index in [4.69, 9.17) is 15.2 Å². The summed E-state index contributed by atoms with van der Waals surface area (Å²) in [5, 5.41) is 0. The van der Waals surface area contributed by atoms with Crippen molar-refractivity contribution in [1.29, 1.82) is 0 Å². The zero-order chi connectivity index (χ0) is 12.0. The molecule has 0 bridgehead atoms. The molecule has 1 heterocycles. The minimum Gasteiger partial charge on any atom is -0.494 e. The maximum Gasteiger partial charge on any atom is 0.123 e. The van der Waals surface area contributed by atoms with Gasteiger partial charge >= 0.3 is 0 Å². The highest BCUT2D eigenvalue weighted by atomic mass is 16.5. The average Bonchev–Trinajstić information content (AvgIpc) is 2.87. The molecule has 92 valence electrons. The maximum atomic E-state index is 5.94. The molecule has 17 heavy (non-hydrogen) atoms. The molecule has 1 aliphatic carbocycles. The summed E-state index contributed by atoms with van der Waals surface area (Å²) >= 11 is 0. The van der Waals surface area contributed by atoms with Gasteiger partial charge in [0, 0.05) is 29.5 Å². The Kier molecular flexibility index (Phi) is 2.51. The van der Waals surface area contributed by atoms with Gasteiger partial charge in [-0.1, -0.05) is 0 Å². The van der Waals surface area contributed by atoms with Crippen LogP contribution in [0.3, 0.4) is 0 Å². The van der Waals surface area contributed by atoms with Crippen molar-refractivity contribution >= 4 is 0 Å². The van der Waals surface area contributed by atoms with Gasteiger partial charge in [-0.05, 0) is 32.4 Å². The van der Waals surface area contributed by atoms with Crippen LogP contribution in [0.2, 0.25) is 0 Å². The molecule has 1 fully saturated rings. The summed E-state index contributed by atoms with van der Waals surface area (Å²) in [5.41, 5.74) is 8.43. The summed E-state index contributed by atoms with van der Waals surface area (Å²) < 4.78 is 11.5. The highest BCUT2D eigenvalue weighted by molar-refractivity contribution is 5.52. The second-order valence-corrected chi connectivity index (χ2v) is 5.07. The summed E-state index contributed by atoms with van der Waals surface area (Å²) in [5.74, 6) is 2.48. The van der Waals surface area contributed by atoms with Crippen molar-refractivity contribution in [2.24, 2.45) is 5.73 Å². The molecule has 1 saturated carbocycles. The summed E-state index contributed by atoms with van der Waals surface area (Å²) in [6.45, 7) is 4.82. The van der Waals surface area contributed by atoms with Crippen LogP contribution >= 0.6 is 0 Å². The molecule has 2 N–H and O–H groups in total. The molecule has 3 heteroatoms. The average molecular weight is 233 g/mol. The van der Waals surface area contributed by atoms with Crippen molar-refractivity contribution in [3.63, 3.8) is 0 Å². The van der Waals surface area contributed by atoms with Gasteiger partial charge in [-0.25, -0.2) is 0 Å². The van der Waals surface area contributed by atoms with Crippen LogP contribution in [-0.4, -0.2) is 18.8 Å². The first-order valence-electron chi connectivity index (χ1n) is 6.41. The SMILES string of the molecule is CCOc1cc2c(cc1C1CC1N)OC(C)C2. The first kappa shape index (κ1) is 10.9. The lowest BCUT2D eigenvalue weighted by atomic mass is 10.0. The number of hydrogen-bond acceptors (Lipinski definition) is 3. The van der Waals surface area contributed by atoms with Crippen molar-refractivity contribution < 1.29 is 9.47 Å². The first-order valence-corrected chi connectivity index (χ1v) is 6.41. The van der Waals surface area contributed by atoms with Crippen molar-refractivity contribution in [2.75, 3.05) is 6.61 Å². The van der Waals surface area contributed by atoms with E-state index in [1.54, 1.807) is 0 Å². The number of ether oxygens (including phenoxy) is 2. The fourth-order valence-corrected chi connectivity index (χ4v) is 2.60. The van der Waals surface area contributed by atoms with Crippen LogP contribution in [0.1, 0.15) is 37.3 Å². The smallest absolute Gasteiger partial charge is 0.123 e. The standard InChI is InChI=1S/C14H19NO2/c1-3-16-14-5-9-4-8(2)17-13(9)7-11(14)10-6-12(10)15/h5,7-8,10,12H,3-4,6,15H2,1-2H3. The van der Waals surface area contributed by atoms with E-state index in [0.717, 1.165) is 24.3 Å². The number of fused-ring (bicyclic) bond motifs is 1. The van der Waals surface area contributed by atoms with E-state index in [-0.39, 0.29) is 6.10 Å². The van der Waals surface area contributed by atoms with Gasteiger partial charge in [0.05, 0.1) is 6.61 Å². The van der Waals surface area contributed by atoms with E-state index < -0.39 is 0 Å². The van der Waals surface area contributed by atoms with Gasteiger partial charge in [0.15, 0.2) is 0 Å². The quantitative estimate of drug-likeness (QED) is 0.870. The highest BCUT2D eigenvalue weighted by Gasteiger charge is 2.38. The molecule has 3 nitrogen and oxygen atoms in total. The number of nitrogens with two attached hydrogens (primary N) is 1. The minimum atomic E-state index is 0.280. The molecule has 2 aliphatic rings. The zero-order valence-electron chi connectivity index (χ0n) is 10.4. The lowest BCUT2D eigenvalue weighted by Crippen LogP contribution is -2.05. The Bertz CT molecular complexity index is 444. The van der Waals surface area contributed by atoms with Gasteiger partial charge in [0.25, 0.3) is 0 Å². The molecule has 0 amide bonds. The van der Waals surface area contributed by atoms with E-state index in [1.807, 2.05) is 6.92 Å². The van der Waals surface area contributed by atoms with Crippen LogP contribution in [0, 0.1) is 0 Å². The molecule has 0 radical (unpaired) electrons. The van der Waals surface area contributed by atoms with Crippen molar-refractivity contribution in [2.45, 2.75) is 44.8 Å². The lowest BCUT2D eigenvalue weighted by molar-refractivity contribution is 0.254. The molecule has 1 aromatic carbocycles. The Labute approximate surface area is 102 Å². The topological polar surface area (TPSA) is 44.5 Å². The van der Waals surface area contributed by atoms with Crippen LogP contribution in [0.4, 0.5) is 0 Å². The first-order chi connectivity index (χ1) is 8.19. The molecule has 0 saturated heterocycles. The molecule has 3 unspecified atom stereocenters. The summed E-state index contributed by atoms with van der Waals surface area (Å²) in [7, 11) is 0. The Morgan fingerprint density at radius 1 is 1.47 bits per heavy atom. The van der Waals surface area contributed by atoms with Crippen LogP contribution < -0.4 is 15.2 Å². The van der Waals surface area contributed by atoms with E-state index in [0.29, 0.717) is 18.6 Å². The largest absolute Gasteiger partial charge is 0.494 e. The van der Waals surface area contributed by atoms with Gasteiger partial charge in [-0.15, -0.1) is 0 Å². The molecular weight excluding hydrogens is 214 g/mol. The fourth-order valence-electron chi connectivity index (χ4n) is 2.60. The Morgan fingerprint density at radius 3 is 2.88 bits per heavy atom. The predicted octanol–water partition coefficient (Wildman–Crippen LogP) is 2.22. The molecule has 3 rings (SSSR count). The zero-order valence-corrected chi connectivity index (χ0v) is 10.4. The third-order valence-corrected chi connectivity index (χ3v) is 3.57. The second-order valence-electron chi connectivity index (χ2n) is 5.07. The number of rotatable bonds is 3. The Morgan fingerprint density at radius 2 is 2.24 bits per heavy atom. The van der Waals surface area contributed by atoms with Gasteiger partial charge in [0.2, 0.25) is 0 Å². The molecule has 0 aromatic heterocycles. The monoisotopic (exact) mass is 233 g/mol.